The van der Waals surface area contributed by atoms with E-state index in [2.05, 4.69) is 5.32 Å². The summed E-state index contributed by atoms with van der Waals surface area (Å²) in [5.74, 6) is -0.414. The predicted molar refractivity (Wildman–Crippen MR) is 73.1 cm³/mol. The van der Waals surface area contributed by atoms with E-state index in [0.717, 1.165) is 11.3 Å². The average molecular weight is 255 g/mol. The highest BCUT2D eigenvalue weighted by atomic mass is 19.1. The van der Waals surface area contributed by atoms with E-state index in [1.807, 2.05) is 24.3 Å². The summed E-state index contributed by atoms with van der Waals surface area (Å²) in [5.41, 5.74) is 3.11. The number of anilines is 1. The monoisotopic (exact) mass is 255 g/mol. The van der Waals surface area contributed by atoms with Crippen molar-refractivity contribution in [3.63, 3.8) is 0 Å². The van der Waals surface area contributed by atoms with E-state index in [1.54, 1.807) is 19.1 Å². The van der Waals surface area contributed by atoms with Crippen LogP contribution in [0.4, 0.5) is 10.1 Å². The van der Waals surface area contributed by atoms with Crippen LogP contribution in [-0.2, 0) is 0 Å². The molecular weight excluding hydrogens is 241 g/mol. The van der Waals surface area contributed by atoms with E-state index >= 15 is 0 Å². The molecule has 1 unspecified atom stereocenters. The van der Waals surface area contributed by atoms with Crippen LogP contribution in [-0.4, -0.2) is 12.3 Å². The van der Waals surface area contributed by atoms with E-state index in [-0.39, 0.29) is 17.5 Å². The van der Waals surface area contributed by atoms with Crippen LogP contribution in [0.1, 0.15) is 27.4 Å². The number of ketones is 1. The molecule has 96 valence electrons. The Morgan fingerprint density at radius 2 is 2.05 bits per heavy atom. The van der Waals surface area contributed by atoms with Crippen molar-refractivity contribution in [3.8, 4) is 0 Å². The number of rotatable bonds is 2. The van der Waals surface area contributed by atoms with Gasteiger partial charge in [0.25, 0.3) is 0 Å². The molecule has 1 aliphatic rings. The molecule has 0 aromatic heterocycles. The largest absolute Gasteiger partial charge is 0.384 e. The number of benzene rings is 2. The molecule has 3 rings (SSSR count). The number of halogens is 1. The van der Waals surface area contributed by atoms with Gasteiger partial charge in [-0.05, 0) is 42.3 Å². The minimum atomic E-state index is -0.276. The second-order valence-electron chi connectivity index (χ2n) is 4.85. The quantitative estimate of drug-likeness (QED) is 0.832. The summed E-state index contributed by atoms with van der Waals surface area (Å²) in [5, 5.41) is 3.23. The fourth-order valence-corrected chi connectivity index (χ4v) is 2.52. The lowest BCUT2D eigenvalue weighted by Gasteiger charge is -2.10. The number of fused-ring (bicyclic) bond motifs is 1. The van der Waals surface area contributed by atoms with Crippen LogP contribution in [0.5, 0.6) is 0 Å². The lowest BCUT2D eigenvalue weighted by molar-refractivity contribution is 0.0966. The molecule has 0 fully saturated rings. The number of carbonyl (C=O) groups excluding carboxylic acids is 1. The predicted octanol–water partition coefficient (Wildman–Crippen LogP) is 3.53. The first kappa shape index (κ1) is 11.9. The van der Waals surface area contributed by atoms with Crippen LogP contribution in [0, 0.1) is 12.7 Å². The number of Topliss-reactive ketones (excluding diaryl/α,β-unsaturated/α-hetero) is 1. The van der Waals surface area contributed by atoms with Crippen molar-refractivity contribution in [2.75, 3.05) is 11.9 Å². The van der Waals surface area contributed by atoms with Crippen LogP contribution in [0.2, 0.25) is 0 Å². The maximum Gasteiger partial charge on any atom is 0.172 e. The Labute approximate surface area is 111 Å². The summed E-state index contributed by atoms with van der Waals surface area (Å²) in [6, 6.07) is 12.4. The standard InChI is InChI=1S/C16H14FNO/c1-10-8-11(6-7-14(10)17)16(19)13-9-18-15-5-3-2-4-12(13)15/h2-8,13,18H,9H2,1H3. The van der Waals surface area contributed by atoms with Crippen molar-refractivity contribution in [2.45, 2.75) is 12.8 Å². The summed E-state index contributed by atoms with van der Waals surface area (Å²) >= 11 is 0. The van der Waals surface area contributed by atoms with Gasteiger partial charge in [0.15, 0.2) is 5.78 Å². The van der Waals surface area contributed by atoms with E-state index < -0.39 is 0 Å². The molecule has 0 radical (unpaired) electrons. The summed E-state index contributed by atoms with van der Waals surface area (Å²) in [6.07, 6.45) is 0. The molecule has 19 heavy (non-hydrogen) atoms. The molecule has 2 nitrogen and oxygen atoms in total. The summed E-state index contributed by atoms with van der Waals surface area (Å²) in [7, 11) is 0. The smallest absolute Gasteiger partial charge is 0.172 e. The van der Waals surface area contributed by atoms with Gasteiger partial charge >= 0.3 is 0 Å². The van der Waals surface area contributed by atoms with Crippen LogP contribution in [0.15, 0.2) is 42.5 Å². The molecule has 1 heterocycles. The summed E-state index contributed by atoms with van der Waals surface area (Å²) < 4.78 is 13.3. The highest BCUT2D eigenvalue weighted by Crippen LogP contribution is 2.33. The lowest BCUT2D eigenvalue weighted by Crippen LogP contribution is -2.15. The highest BCUT2D eigenvalue weighted by Gasteiger charge is 2.28. The number of carbonyl (C=O) groups is 1. The zero-order chi connectivity index (χ0) is 13.4. The molecular formula is C16H14FNO. The zero-order valence-electron chi connectivity index (χ0n) is 10.6. The fraction of sp³-hybridized carbons (Fsp3) is 0.188. The van der Waals surface area contributed by atoms with Crippen LogP contribution in [0.3, 0.4) is 0 Å². The Morgan fingerprint density at radius 3 is 2.84 bits per heavy atom. The van der Waals surface area contributed by atoms with Crippen LogP contribution in [0.25, 0.3) is 0 Å². The number of aryl methyl sites for hydroxylation is 1. The van der Waals surface area contributed by atoms with Gasteiger partial charge < -0.3 is 5.32 Å². The normalized spacial score (nSPS) is 16.8. The van der Waals surface area contributed by atoms with Gasteiger partial charge in [-0.1, -0.05) is 18.2 Å². The summed E-state index contributed by atoms with van der Waals surface area (Å²) in [6.45, 7) is 2.28. The SMILES string of the molecule is Cc1cc(C(=O)C2CNc3ccccc32)ccc1F. The third kappa shape index (κ3) is 2.01. The molecule has 2 aromatic carbocycles. The van der Waals surface area contributed by atoms with Crippen molar-refractivity contribution in [1.29, 1.82) is 0 Å². The Hall–Kier alpha value is -2.16. The van der Waals surface area contributed by atoms with Crippen LogP contribution < -0.4 is 5.32 Å². The zero-order valence-corrected chi connectivity index (χ0v) is 10.6. The molecule has 0 bridgehead atoms. The Morgan fingerprint density at radius 1 is 1.26 bits per heavy atom. The van der Waals surface area contributed by atoms with Gasteiger partial charge in [0.05, 0.1) is 5.92 Å². The Bertz CT molecular complexity index is 651. The van der Waals surface area contributed by atoms with Gasteiger partial charge in [-0.15, -0.1) is 0 Å². The lowest BCUT2D eigenvalue weighted by atomic mass is 9.92. The molecule has 0 saturated carbocycles. The third-order valence-electron chi connectivity index (χ3n) is 3.59. The Balaban J connectivity index is 1.95. The van der Waals surface area contributed by atoms with Gasteiger partial charge in [0.1, 0.15) is 5.82 Å². The maximum absolute atomic E-state index is 13.3. The van der Waals surface area contributed by atoms with Gasteiger partial charge in [0.2, 0.25) is 0 Å². The fourth-order valence-electron chi connectivity index (χ4n) is 2.52. The molecule has 0 spiro atoms. The van der Waals surface area contributed by atoms with Crippen molar-refractivity contribution in [3.05, 3.63) is 65.0 Å². The topological polar surface area (TPSA) is 29.1 Å². The van der Waals surface area contributed by atoms with Gasteiger partial charge in [-0.25, -0.2) is 4.39 Å². The van der Waals surface area contributed by atoms with E-state index in [1.165, 1.54) is 6.07 Å². The first-order valence-electron chi connectivity index (χ1n) is 6.30. The third-order valence-corrected chi connectivity index (χ3v) is 3.59. The number of hydrogen-bond donors (Lipinski definition) is 1. The van der Waals surface area contributed by atoms with E-state index in [9.17, 15) is 9.18 Å². The van der Waals surface area contributed by atoms with Gasteiger partial charge in [-0.2, -0.15) is 0 Å². The molecule has 0 saturated heterocycles. The number of nitrogens with one attached hydrogen (secondary N) is 1. The molecule has 0 amide bonds. The molecule has 0 aliphatic carbocycles. The van der Waals surface area contributed by atoms with Gasteiger partial charge in [-0.3, -0.25) is 4.79 Å². The summed E-state index contributed by atoms with van der Waals surface area (Å²) in [4.78, 5) is 12.5. The molecule has 1 N–H and O–H groups in total. The Kier molecular flexibility index (Phi) is 2.82. The highest BCUT2D eigenvalue weighted by molar-refractivity contribution is 6.03. The van der Waals surface area contributed by atoms with E-state index in [0.29, 0.717) is 17.7 Å². The maximum atomic E-state index is 13.3. The van der Waals surface area contributed by atoms with Crippen molar-refractivity contribution in [2.24, 2.45) is 0 Å². The van der Waals surface area contributed by atoms with Crippen molar-refractivity contribution in [1.82, 2.24) is 0 Å². The van der Waals surface area contributed by atoms with E-state index in [4.69, 9.17) is 0 Å². The molecule has 1 atom stereocenters. The second-order valence-corrected chi connectivity index (χ2v) is 4.85. The average Bonchev–Trinajstić information content (AvgIpc) is 2.85. The van der Waals surface area contributed by atoms with Crippen LogP contribution >= 0.6 is 0 Å². The molecule has 2 aromatic rings. The van der Waals surface area contributed by atoms with Gasteiger partial charge in [0, 0.05) is 17.8 Å². The first-order chi connectivity index (χ1) is 9.16. The van der Waals surface area contributed by atoms with Crippen molar-refractivity contribution < 1.29 is 9.18 Å². The molecule has 1 aliphatic heterocycles. The second kappa shape index (κ2) is 4.50. The molecule has 3 heteroatoms. The minimum absolute atomic E-state index is 0.0422. The number of hydrogen-bond acceptors (Lipinski definition) is 2. The number of para-hydroxylation sites is 1. The first-order valence-corrected chi connectivity index (χ1v) is 6.30. The van der Waals surface area contributed by atoms with Crippen molar-refractivity contribution >= 4 is 11.5 Å². The minimum Gasteiger partial charge on any atom is -0.384 e.